The van der Waals surface area contributed by atoms with E-state index >= 15 is 0 Å². The van der Waals surface area contributed by atoms with Gasteiger partial charge in [0.05, 0.1) is 23.6 Å². The van der Waals surface area contributed by atoms with E-state index in [-0.39, 0.29) is 11.5 Å². The van der Waals surface area contributed by atoms with Crippen molar-refractivity contribution in [3.63, 3.8) is 0 Å². The standard InChI is InChI=1S/C19H22N6S/c1-13(14-8-5-6-9-15(14)24-11-7-10-20-24)21-17-23-25-12-16(19(2,3)4)22-18(25)26-17/h5-13H,1-4H3,(H,21,23). The third-order valence-corrected chi connectivity index (χ3v) is 5.16. The quantitative estimate of drug-likeness (QED) is 0.580. The number of anilines is 1. The molecule has 1 N–H and O–H groups in total. The van der Waals surface area contributed by atoms with Crippen LogP contribution in [0.4, 0.5) is 5.13 Å². The van der Waals surface area contributed by atoms with E-state index in [1.165, 1.54) is 5.56 Å². The molecule has 0 saturated carbocycles. The van der Waals surface area contributed by atoms with Gasteiger partial charge in [0, 0.05) is 17.8 Å². The first-order chi connectivity index (χ1) is 12.4. The lowest BCUT2D eigenvalue weighted by Crippen LogP contribution is -2.12. The van der Waals surface area contributed by atoms with Crippen LogP contribution in [0.2, 0.25) is 0 Å². The summed E-state index contributed by atoms with van der Waals surface area (Å²) in [5, 5.41) is 13.4. The molecule has 0 radical (unpaired) electrons. The predicted molar refractivity (Wildman–Crippen MR) is 105 cm³/mol. The molecule has 1 unspecified atom stereocenters. The molecule has 4 rings (SSSR count). The summed E-state index contributed by atoms with van der Waals surface area (Å²) in [7, 11) is 0. The summed E-state index contributed by atoms with van der Waals surface area (Å²) < 4.78 is 3.75. The van der Waals surface area contributed by atoms with Crippen LogP contribution in [0.3, 0.4) is 0 Å². The molecule has 6 nitrogen and oxygen atoms in total. The highest BCUT2D eigenvalue weighted by atomic mass is 32.1. The minimum Gasteiger partial charge on any atom is -0.353 e. The van der Waals surface area contributed by atoms with E-state index in [0.29, 0.717) is 0 Å². The topological polar surface area (TPSA) is 60.0 Å². The van der Waals surface area contributed by atoms with Crippen LogP contribution in [-0.4, -0.2) is 24.4 Å². The van der Waals surface area contributed by atoms with Gasteiger partial charge in [0.1, 0.15) is 0 Å². The van der Waals surface area contributed by atoms with E-state index in [4.69, 9.17) is 4.98 Å². The molecule has 0 aliphatic carbocycles. The normalized spacial score (nSPS) is 13.2. The predicted octanol–water partition coefficient (Wildman–Crippen LogP) is 4.45. The van der Waals surface area contributed by atoms with Crippen LogP contribution >= 0.6 is 11.3 Å². The van der Waals surface area contributed by atoms with E-state index in [9.17, 15) is 0 Å². The van der Waals surface area contributed by atoms with Crippen molar-refractivity contribution in [2.75, 3.05) is 5.32 Å². The number of rotatable bonds is 4. The van der Waals surface area contributed by atoms with Gasteiger partial charge in [0.25, 0.3) is 0 Å². The van der Waals surface area contributed by atoms with Gasteiger partial charge in [-0.2, -0.15) is 5.10 Å². The third kappa shape index (κ3) is 3.10. The van der Waals surface area contributed by atoms with Crippen LogP contribution in [0, 0.1) is 0 Å². The van der Waals surface area contributed by atoms with Gasteiger partial charge in [-0.05, 0) is 24.6 Å². The highest BCUT2D eigenvalue weighted by Crippen LogP contribution is 2.29. The zero-order chi connectivity index (χ0) is 18.3. The Balaban J connectivity index is 1.60. The minimum atomic E-state index is 0.0248. The molecule has 26 heavy (non-hydrogen) atoms. The molecule has 0 spiro atoms. The first-order valence-electron chi connectivity index (χ1n) is 8.64. The fourth-order valence-electron chi connectivity index (χ4n) is 2.86. The van der Waals surface area contributed by atoms with Crippen molar-refractivity contribution in [3.05, 3.63) is 60.2 Å². The van der Waals surface area contributed by atoms with Crippen molar-refractivity contribution >= 4 is 21.4 Å². The van der Waals surface area contributed by atoms with Crippen LogP contribution in [0.1, 0.15) is 45.0 Å². The fraction of sp³-hybridized carbons (Fsp3) is 0.316. The SMILES string of the molecule is CC(Nc1nn2cc(C(C)(C)C)nc2s1)c1ccccc1-n1cccn1. The molecule has 0 saturated heterocycles. The Kier molecular flexibility index (Phi) is 4.03. The second-order valence-electron chi connectivity index (χ2n) is 7.39. The summed E-state index contributed by atoms with van der Waals surface area (Å²) in [6, 6.07) is 10.3. The van der Waals surface area contributed by atoms with Gasteiger partial charge in [-0.15, -0.1) is 5.10 Å². The number of hydrogen-bond acceptors (Lipinski definition) is 5. The van der Waals surface area contributed by atoms with Crippen LogP contribution in [-0.2, 0) is 5.41 Å². The summed E-state index contributed by atoms with van der Waals surface area (Å²) in [5.74, 6) is 0. The highest BCUT2D eigenvalue weighted by molar-refractivity contribution is 7.20. The molecule has 0 fully saturated rings. The minimum absolute atomic E-state index is 0.0248. The van der Waals surface area contributed by atoms with Gasteiger partial charge in [-0.25, -0.2) is 14.2 Å². The average molecular weight is 366 g/mol. The molecule has 0 aliphatic rings. The number of nitrogens with zero attached hydrogens (tertiary/aromatic N) is 5. The molecule has 1 aromatic carbocycles. The van der Waals surface area contributed by atoms with Crippen LogP contribution < -0.4 is 5.32 Å². The molecule has 0 amide bonds. The van der Waals surface area contributed by atoms with Crippen LogP contribution in [0.25, 0.3) is 10.6 Å². The van der Waals surface area contributed by atoms with Crippen molar-refractivity contribution in [3.8, 4) is 5.69 Å². The Bertz CT molecular complexity index is 991. The van der Waals surface area contributed by atoms with Crippen molar-refractivity contribution in [1.82, 2.24) is 24.4 Å². The first kappa shape index (κ1) is 16.8. The largest absolute Gasteiger partial charge is 0.353 e. The van der Waals surface area contributed by atoms with Gasteiger partial charge in [-0.1, -0.05) is 50.3 Å². The molecule has 4 aromatic rings. The van der Waals surface area contributed by atoms with E-state index in [1.54, 1.807) is 17.5 Å². The molecule has 134 valence electrons. The molecule has 3 heterocycles. The molecular weight excluding hydrogens is 344 g/mol. The summed E-state index contributed by atoms with van der Waals surface area (Å²) in [6.07, 6.45) is 5.76. The monoisotopic (exact) mass is 366 g/mol. The number of aromatic nitrogens is 5. The van der Waals surface area contributed by atoms with Crippen molar-refractivity contribution in [2.45, 2.75) is 39.2 Å². The van der Waals surface area contributed by atoms with Crippen molar-refractivity contribution in [2.24, 2.45) is 0 Å². The Hall–Kier alpha value is -2.67. The summed E-state index contributed by atoms with van der Waals surface area (Å²) in [4.78, 5) is 5.62. The number of benzene rings is 1. The van der Waals surface area contributed by atoms with Crippen molar-refractivity contribution in [1.29, 1.82) is 0 Å². The number of fused-ring (bicyclic) bond motifs is 1. The molecule has 0 bridgehead atoms. The van der Waals surface area contributed by atoms with E-state index in [2.05, 4.69) is 55.3 Å². The summed E-state index contributed by atoms with van der Waals surface area (Å²) in [6.45, 7) is 8.61. The van der Waals surface area contributed by atoms with Gasteiger partial charge in [-0.3, -0.25) is 0 Å². The zero-order valence-electron chi connectivity index (χ0n) is 15.3. The number of nitrogens with one attached hydrogen (secondary N) is 1. The second kappa shape index (κ2) is 6.25. The molecule has 3 aromatic heterocycles. The first-order valence-corrected chi connectivity index (χ1v) is 9.45. The number of hydrogen-bond donors (Lipinski definition) is 1. The van der Waals surface area contributed by atoms with Crippen molar-refractivity contribution < 1.29 is 0 Å². The molecule has 7 heteroatoms. The lowest BCUT2D eigenvalue weighted by atomic mass is 9.93. The summed E-state index contributed by atoms with van der Waals surface area (Å²) in [5.41, 5.74) is 3.31. The van der Waals surface area contributed by atoms with Gasteiger partial charge in [0.2, 0.25) is 10.1 Å². The van der Waals surface area contributed by atoms with E-state index in [0.717, 1.165) is 21.5 Å². The lowest BCUT2D eigenvalue weighted by Gasteiger charge is -2.17. The van der Waals surface area contributed by atoms with Gasteiger partial charge < -0.3 is 5.32 Å². The molecule has 1 atom stereocenters. The highest BCUT2D eigenvalue weighted by Gasteiger charge is 2.20. The van der Waals surface area contributed by atoms with Gasteiger partial charge >= 0.3 is 0 Å². The fourth-order valence-corrected chi connectivity index (χ4v) is 3.72. The number of imidazole rings is 1. The maximum atomic E-state index is 4.71. The van der Waals surface area contributed by atoms with E-state index in [1.807, 2.05) is 39.8 Å². The maximum Gasteiger partial charge on any atom is 0.214 e. The Morgan fingerprint density at radius 1 is 1.15 bits per heavy atom. The molecular formula is C19H22N6S. The Morgan fingerprint density at radius 3 is 2.65 bits per heavy atom. The van der Waals surface area contributed by atoms with Crippen LogP contribution in [0.5, 0.6) is 0 Å². The number of para-hydroxylation sites is 1. The average Bonchev–Trinajstić information content (AvgIpc) is 3.30. The van der Waals surface area contributed by atoms with Crippen LogP contribution in [0.15, 0.2) is 48.9 Å². The Labute approximate surface area is 156 Å². The van der Waals surface area contributed by atoms with E-state index < -0.39 is 0 Å². The summed E-state index contributed by atoms with van der Waals surface area (Å²) >= 11 is 1.57. The van der Waals surface area contributed by atoms with Gasteiger partial charge in [0.15, 0.2) is 0 Å². The zero-order valence-corrected chi connectivity index (χ0v) is 16.2. The maximum absolute atomic E-state index is 4.71. The second-order valence-corrected chi connectivity index (χ2v) is 8.34. The Morgan fingerprint density at radius 2 is 1.96 bits per heavy atom. The lowest BCUT2D eigenvalue weighted by molar-refractivity contribution is 0.572. The third-order valence-electron chi connectivity index (χ3n) is 4.31. The smallest absolute Gasteiger partial charge is 0.214 e. The molecule has 0 aliphatic heterocycles.